The first-order chi connectivity index (χ1) is 9.70. The van der Waals surface area contributed by atoms with E-state index in [1.54, 1.807) is 0 Å². The summed E-state index contributed by atoms with van der Waals surface area (Å²) in [6.07, 6.45) is 0.743. The lowest BCUT2D eigenvalue weighted by Gasteiger charge is -2.18. The number of rotatable bonds is 9. The first kappa shape index (κ1) is 19.2. The van der Waals surface area contributed by atoms with Gasteiger partial charge in [0.05, 0.1) is 6.54 Å². The van der Waals surface area contributed by atoms with Crippen LogP contribution in [0.4, 0.5) is 4.79 Å². The number of carboxylic acids is 1. The van der Waals surface area contributed by atoms with Crippen molar-refractivity contribution < 1.29 is 19.5 Å². The third-order valence-electron chi connectivity index (χ3n) is 2.68. The van der Waals surface area contributed by atoms with Gasteiger partial charge in [-0.05, 0) is 32.1 Å². The maximum absolute atomic E-state index is 11.6. The minimum Gasteiger partial charge on any atom is -0.481 e. The molecular weight excluding hydrogens is 274 g/mol. The normalized spacial score (nSPS) is 12.1. The third-order valence-corrected chi connectivity index (χ3v) is 2.68. The molecule has 0 aromatic rings. The molecule has 1 unspecified atom stereocenters. The first-order valence-corrected chi connectivity index (χ1v) is 7.23. The summed E-state index contributed by atoms with van der Waals surface area (Å²) in [6.45, 7) is 7.86. The number of hydrogen-bond acceptors (Lipinski definition) is 3. The molecule has 0 saturated heterocycles. The summed E-state index contributed by atoms with van der Waals surface area (Å²) < 4.78 is 0. The Kier molecular flexibility index (Phi) is 9.16. The molecule has 0 aliphatic carbocycles. The summed E-state index contributed by atoms with van der Waals surface area (Å²) in [5, 5.41) is 16.5. The molecule has 0 aliphatic heterocycles. The van der Waals surface area contributed by atoms with Gasteiger partial charge in [0, 0.05) is 19.0 Å². The predicted molar refractivity (Wildman–Crippen MR) is 79.9 cm³/mol. The van der Waals surface area contributed by atoms with Crippen molar-refractivity contribution in [3.05, 3.63) is 0 Å². The molecule has 0 heterocycles. The highest BCUT2D eigenvalue weighted by Gasteiger charge is 2.16. The van der Waals surface area contributed by atoms with Gasteiger partial charge in [0.2, 0.25) is 5.91 Å². The first-order valence-electron chi connectivity index (χ1n) is 7.23. The number of amides is 3. The molecule has 122 valence electrons. The highest BCUT2D eigenvalue weighted by molar-refractivity contribution is 5.84. The van der Waals surface area contributed by atoms with Crippen LogP contribution in [0.3, 0.4) is 0 Å². The van der Waals surface area contributed by atoms with E-state index in [2.05, 4.69) is 16.0 Å². The average molecular weight is 301 g/mol. The Morgan fingerprint density at radius 2 is 1.67 bits per heavy atom. The topological polar surface area (TPSA) is 108 Å². The molecule has 0 aliphatic rings. The fourth-order valence-electron chi connectivity index (χ4n) is 1.99. The number of urea groups is 1. The van der Waals surface area contributed by atoms with E-state index in [0.29, 0.717) is 5.92 Å². The van der Waals surface area contributed by atoms with Gasteiger partial charge in [-0.2, -0.15) is 0 Å². The van der Waals surface area contributed by atoms with Crippen molar-refractivity contribution in [2.75, 3.05) is 13.1 Å². The summed E-state index contributed by atoms with van der Waals surface area (Å²) in [7, 11) is 0. The van der Waals surface area contributed by atoms with E-state index >= 15 is 0 Å². The SMILES string of the molecule is CC(C)CC(CNC(=O)NCC(=O)NC(C)C)CC(=O)O. The quantitative estimate of drug-likeness (QED) is 0.508. The Hall–Kier alpha value is -1.79. The van der Waals surface area contributed by atoms with Gasteiger partial charge in [-0.3, -0.25) is 9.59 Å². The van der Waals surface area contributed by atoms with Crippen LogP contribution in [0.15, 0.2) is 0 Å². The Balaban J connectivity index is 4.06. The van der Waals surface area contributed by atoms with Gasteiger partial charge in [0.1, 0.15) is 0 Å². The van der Waals surface area contributed by atoms with E-state index in [-0.39, 0.29) is 37.4 Å². The molecule has 0 radical (unpaired) electrons. The molecule has 0 saturated carbocycles. The number of nitrogens with one attached hydrogen (secondary N) is 3. The van der Waals surface area contributed by atoms with E-state index < -0.39 is 12.0 Å². The fourth-order valence-corrected chi connectivity index (χ4v) is 1.99. The molecule has 0 spiro atoms. The largest absolute Gasteiger partial charge is 0.481 e. The smallest absolute Gasteiger partial charge is 0.315 e. The van der Waals surface area contributed by atoms with Crippen LogP contribution >= 0.6 is 0 Å². The van der Waals surface area contributed by atoms with E-state index in [9.17, 15) is 14.4 Å². The molecule has 0 rings (SSSR count). The van der Waals surface area contributed by atoms with E-state index in [4.69, 9.17) is 5.11 Å². The lowest BCUT2D eigenvalue weighted by Crippen LogP contribution is -2.44. The monoisotopic (exact) mass is 301 g/mol. The van der Waals surface area contributed by atoms with Crippen molar-refractivity contribution in [3.8, 4) is 0 Å². The van der Waals surface area contributed by atoms with E-state index in [1.165, 1.54) is 0 Å². The second-order valence-corrected chi connectivity index (χ2v) is 5.88. The maximum Gasteiger partial charge on any atom is 0.315 e. The molecular formula is C14H27N3O4. The average Bonchev–Trinajstić information content (AvgIpc) is 2.31. The number of hydrogen-bond donors (Lipinski definition) is 4. The summed E-state index contributed by atoms with van der Waals surface area (Å²) in [4.78, 5) is 33.7. The second-order valence-electron chi connectivity index (χ2n) is 5.88. The zero-order chi connectivity index (χ0) is 16.4. The van der Waals surface area contributed by atoms with Crippen LogP contribution < -0.4 is 16.0 Å². The van der Waals surface area contributed by atoms with Crippen molar-refractivity contribution in [1.29, 1.82) is 0 Å². The number of carbonyl (C=O) groups excluding carboxylic acids is 2. The van der Waals surface area contributed by atoms with Crippen LogP contribution in [0.2, 0.25) is 0 Å². The molecule has 4 N–H and O–H groups in total. The van der Waals surface area contributed by atoms with Crippen molar-refractivity contribution in [2.45, 2.75) is 46.6 Å². The second kappa shape index (κ2) is 10.0. The minimum atomic E-state index is -0.876. The van der Waals surface area contributed by atoms with Crippen LogP contribution in [0.1, 0.15) is 40.5 Å². The zero-order valence-electron chi connectivity index (χ0n) is 13.2. The maximum atomic E-state index is 11.6. The molecule has 7 nitrogen and oxygen atoms in total. The van der Waals surface area contributed by atoms with Gasteiger partial charge in [-0.15, -0.1) is 0 Å². The Bertz CT molecular complexity index is 356. The van der Waals surface area contributed by atoms with Gasteiger partial charge >= 0.3 is 12.0 Å². The Labute approximate surface area is 125 Å². The molecule has 3 amide bonds. The van der Waals surface area contributed by atoms with Gasteiger partial charge in [-0.25, -0.2) is 4.79 Å². The molecule has 1 atom stereocenters. The highest BCUT2D eigenvalue weighted by Crippen LogP contribution is 2.14. The molecule has 0 aromatic carbocycles. The van der Waals surface area contributed by atoms with Gasteiger partial charge in [0.15, 0.2) is 0 Å². The Morgan fingerprint density at radius 1 is 1.05 bits per heavy atom. The van der Waals surface area contributed by atoms with Crippen molar-refractivity contribution >= 4 is 17.9 Å². The summed E-state index contributed by atoms with van der Waals surface area (Å²) in [5.41, 5.74) is 0. The van der Waals surface area contributed by atoms with Gasteiger partial charge in [0.25, 0.3) is 0 Å². The number of aliphatic carboxylic acids is 1. The lowest BCUT2D eigenvalue weighted by atomic mass is 9.94. The minimum absolute atomic E-state index is 0.0201. The molecule has 0 fully saturated rings. The van der Waals surface area contributed by atoms with Crippen molar-refractivity contribution in [3.63, 3.8) is 0 Å². The predicted octanol–water partition coefficient (Wildman–Crippen LogP) is 0.947. The Morgan fingerprint density at radius 3 is 2.14 bits per heavy atom. The number of carbonyl (C=O) groups is 3. The van der Waals surface area contributed by atoms with Crippen LogP contribution in [-0.4, -0.2) is 42.1 Å². The van der Waals surface area contributed by atoms with Crippen molar-refractivity contribution in [1.82, 2.24) is 16.0 Å². The highest BCUT2D eigenvalue weighted by atomic mass is 16.4. The van der Waals surface area contributed by atoms with Gasteiger partial charge in [-0.1, -0.05) is 13.8 Å². The van der Waals surface area contributed by atoms with E-state index in [0.717, 1.165) is 6.42 Å². The molecule has 0 aromatic heterocycles. The van der Waals surface area contributed by atoms with Crippen LogP contribution in [-0.2, 0) is 9.59 Å². The third kappa shape index (κ3) is 11.7. The van der Waals surface area contributed by atoms with E-state index in [1.807, 2.05) is 27.7 Å². The van der Waals surface area contributed by atoms with Crippen LogP contribution in [0.25, 0.3) is 0 Å². The van der Waals surface area contributed by atoms with Crippen LogP contribution in [0, 0.1) is 11.8 Å². The van der Waals surface area contributed by atoms with Crippen molar-refractivity contribution in [2.24, 2.45) is 11.8 Å². The zero-order valence-corrected chi connectivity index (χ0v) is 13.2. The lowest BCUT2D eigenvalue weighted by molar-refractivity contribution is -0.138. The molecule has 0 bridgehead atoms. The molecule has 21 heavy (non-hydrogen) atoms. The summed E-state index contributed by atoms with van der Waals surface area (Å²) in [5.74, 6) is -0.891. The van der Waals surface area contributed by atoms with Gasteiger partial charge < -0.3 is 21.1 Å². The molecule has 7 heteroatoms. The standard InChI is InChI=1S/C14H27N3O4/c1-9(2)5-11(6-13(19)20)7-15-14(21)16-8-12(18)17-10(3)4/h9-11H,5-8H2,1-4H3,(H,17,18)(H,19,20)(H2,15,16,21). The number of carboxylic acid groups (broad SMARTS) is 1. The fraction of sp³-hybridized carbons (Fsp3) is 0.786. The summed E-state index contributed by atoms with van der Waals surface area (Å²) >= 11 is 0. The summed E-state index contributed by atoms with van der Waals surface area (Å²) in [6, 6.07) is -0.443. The van der Waals surface area contributed by atoms with Crippen LogP contribution in [0.5, 0.6) is 0 Å².